The minimum absolute atomic E-state index is 0.135. The van der Waals surface area contributed by atoms with Gasteiger partial charge in [0.2, 0.25) is 0 Å². The SMILES string of the molecule is CN(C)CCNC(=O)c1cc(-c2ccc(F)cc2)nc2ccccc12. The van der Waals surface area contributed by atoms with E-state index in [0.29, 0.717) is 17.8 Å². The number of amides is 1. The third kappa shape index (κ3) is 4.00. The zero-order chi connectivity index (χ0) is 17.8. The molecular weight excluding hydrogens is 317 g/mol. The van der Waals surface area contributed by atoms with Gasteiger partial charge in [-0.2, -0.15) is 0 Å². The fourth-order valence-corrected chi connectivity index (χ4v) is 2.62. The topological polar surface area (TPSA) is 45.2 Å². The van der Waals surface area contributed by atoms with Crippen molar-refractivity contribution in [2.45, 2.75) is 0 Å². The summed E-state index contributed by atoms with van der Waals surface area (Å²) in [5, 5.41) is 3.74. The number of halogens is 1. The number of carbonyl (C=O) groups is 1. The first-order valence-corrected chi connectivity index (χ1v) is 8.13. The Labute approximate surface area is 146 Å². The van der Waals surface area contributed by atoms with E-state index in [9.17, 15) is 9.18 Å². The van der Waals surface area contributed by atoms with Crippen molar-refractivity contribution in [2.75, 3.05) is 27.2 Å². The number of rotatable bonds is 5. The first-order valence-electron chi connectivity index (χ1n) is 8.13. The van der Waals surface area contributed by atoms with E-state index in [-0.39, 0.29) is 11.7 Å². The van der Waals surface area contributed by atoms with Crippen LogP contribution in [0.4, 0.5) is 4.39 Å². The molecule has 0 radical (unpaired) electrons. The monoisotopic (exact) mass is 337 g/mol. The summed E-state index contributed by atoms with van der Waals surface area (Å²) >= 11 is 0. The van der Waals surface area contributed by atoms with Crippen LogP contribution in [0.5, 0.6) is 0 Å². The summed E-state index contributed by atoms with van der Waals surface area (Å²) in [6.45, 7) is 1.33. The zero-order valence-electron chi connectivity index (χ0n) is 14.3. The van der Waals surface area contributed by atoms with Gasteiger partial charge in [-0.1, -0.05) is 18.2 Å². The van der Waals surface area contributed by atoms with Crippen molar-refractivity contribution in [3.63, 3.8) is 0 Å². The number of aromatic nitrogens is 1. The summed E-state index contributed by atoms with van der Waals surface area (Å²) in [5.41, 5.74) is 2.73. The Hall–Kier alpha value is -2.79. The molecule has 5 heteroatoms. The van der Waals surface area contributed by atoms with Gasteiger partial charge in [0.1, 0.15) is 5.82 Å². The van der Waals surface area contributed by atoms with Gasteiger partial charge in [0, 0.05) is 24.0 Å². The smallest absolute Gasteiger partial charge is 0.252 e. The number of nitrogens with zero attached hydrogens (tertiary/aromatic N) is 2. The Bertz CT molecular complexity index is 891. The second-order valence-electron chi connectivity index (χ2n) is 6.14. The number of hydrogen-bond acceptors (Lipinski definition) is 3. The van der Waals surface area contributed by atoms with Crippen LogP contribution in [0, 0.1) is 5.82 Å². The highest BCUT2D eigenvalue weighted by Crippen LogP contribution is 2.25. The lowest BCUT2D eigenvalue weighted by Crippen LogP contribution is -2.31. The average molecular weight is 337 g/mol. The summed E-state index contributed by atoms with van der Waals surface area (Å²) in [4.78, 5) is 19.3. The molecule has 4 nitrogen and oxygen atoms in total. The van der Waals surface area contributed by atoms with Gasteiger partial charge in [0.15, 0.2) is 0 Å². The number of para-hydroxylation sites is 1. The minimum atomic E-state index is -0.300. The van der Waals surface area contributed by atoms with E-state index in [0.717, 1.165) is 23.0 Å². The zero-order valence-corrected chi connectivity index (χ0v) is 14.3. The van der Waals surface area contributed by atoms with Crippen LogP contribution in [0.25, 0.3) is 22.2 Å². The van der Waals surface area contributed by atoms with Crippen LogP contribution in [-0.4, -0.2) is 43.0 Å². The maximum Gasteiger partial charge on any atom is 0.252 e. The number of nitrogens with one attached hydrogen (secondary N) is 1. The van der Waals surface area contributed by atoms with Crippen molar-refractivity contribution in [2.24, 2.45) is 0 Å². The fourth-order valence-electron chi connectivity index (χ4n) is 2.62. The van der Waals surface area contributed by atoms with E-state index in [4.69, 9.17) is 0 Å². The molecular formula is C20H20FN3O. The normalized spacial score (nSPS) is 11.0. The Morgan fingerprint density at radius 3 is 2.56 bits per heavy atom. The van der Waals surface area contributed by atoms with Crippen LogP contribution in [0.1, 0.15) is 10.4 Å². The largest absolute Gasteiger partial charge is 0.351 e. The van der Waals surface area contributed by atoms with Crippen LogP contribution in [0.2, 0.25) is 0 Å². The van der Waals surface area contributed by atoms with Gasteiger partial charge >= 0.3 is 0 Å². The van der Waals surface area contributed by atoms with Gasteiger partial charge in [-0.25, -0.2) is 9.37 Å². The molecule has 0 aliphatic heterocycles. The van der Waals surface area contributed by atoms with Crippen molar-refractivity contribution >= 4 is 16.8 Å². The second kappa shape index (κ2) is 7.40. The molecule has 128 valence electrons. The Morgan fingerprint density at radius 1 is 1.12 bits per heavy atom. The number of likely N-dealkylation sites (N-methyl/N-ethyl adjacent to an activating group) is 1. The molecule has 1 N–H and O–H groups in total. The second-order valence-corrected chi connectivity index (χ2v) is 6.14. The van der Waals surface area contributed by atoms with Crippen molar-refractivity contribution in [3.8, 4) is 11.3 Å². The molecule has 1 heterocycles. The maximum atomic E-state index is 13.2. The van der Waals surface area contributed by atoms with Crippen molar-refractivity contribution in [1.82, 2.24) is 15.2 Å². The number of fused-ring (bicyclic) bond motifs is 1. The molecule has 3 aromatic rings. The van der Waals surface area contributed by atoms with Crippen molar-refractivity contribution in [3.05, 3.63) is 66.0 Å². The number of pyridine rings is 1. The van der Waals surface area contributed by atoms with E-state index >= 15 is 0 Å². The van der Waals surface area contributed by atoms with E-state index < -0.39 is 0 Å². The van der Waals surface area contributed by atoms with Gasteiger partial charge in [0.05, 0.1) is 16.8 Å². The molecule has 0 spiro atoms. The molecule has 3 rings (SSSR count). The van der Waals surface area contributed by atoms with E-state index in [2.05, 4.69) is 10.3 Å². The van der Waals surface area contributed by atoms with E-state index in [1.165, 1.54) is 12.1 Å². The molecule has 25 heavy (non-hydrogen) atoms. The molecule has 0 bridgehead atoms. The lowest BCUT2D eigenvalue weighted by Gasteiger charge is -2.13. The Morgan fingerprint density at radius 2 is 1.84 bits per heavy atom. The fraction of sp³-hybridized carbons (Fsp3) is 0.200. The third-order valence-electron chi connectivity index (χ3n) is 3.95. The van der Waals surface area contributed by atoms with Crippen molar-refractivity contribution in [1.29, 1.82) is 0 Å². The minimum Gasteiger partial charge on any atom is -0.351 e. The van der Waals surface area contributed by atoms with Gasteiger partial charge in [-0.05, 0) is 50.5 Å². The summed E-state index contributed by atoms with van der Waals surface area (Å²) < 4.78 is 13.2. The highest BCUT2D eigenvalue weighted by molar-refractivity contribution is 6.07. The van der Waals surface area contributed by atoms with Gasteiger partial charge in [-0.15, -0.1) is 0 Å². The highest BCUT2D eigenvalue weighted by atomic mass is 19.1. The molecule has 0 saturated carbocycles. The quantitative estimate of drug-likeness (QED) is 0.777. The summed E-state index contributed by atoms with van der Waals surface area (Å²) in [5.74, 6) is -0.435. The van der Waals surface area contributed by atoms with Crippen LogP contribution < -0.4 is 5.32 Å². The van der Waals surface area contributed by atoms with Gasteiger partial charge < -0.3 is 10.2 Å². The van der Waals surface area contributed by atoms with Gasteiger partial charge in [-0.3, -0.25) is 4.79 Å². The highest BCUT2D eigenvalue weighted by Gasteiger charge is 2.13. The van der Waals surface area contributed by atoms with Crippen LogP contribution >= 0.6 is 0 Å². The predicted molar refractivity (Wildman–Crippen MR) is 98.0 cm³/mol. The molecule has 0 aliphatic rings. The summed E-state index contributed by atoms with van der Waals surface area (Å²) in [7, 11) is 3.92. The van der Waals surface area contributed by atoms with Crippen LogP contribution in [0.15, 0.2) is 54.6 Å². The van der Waals surface area contributed by atoms with Gasteiger partial charge in [0.25, 0.3) is 5.91 Å². The maximum absolute atomic E-state index is 13.2. The number of benzene rings is 2. The molecule has 2 aromatic carbocycles. The molecule has 1 amide bonds. The summed E-state index contributed by atoms with van der Waals surface area (Å²) in [6.07, 6.45) is 0. The number of carbonyl (C=O) groups excluding carboxylic acids is 1. The Kier molecular flexibility index (Phi) is 5.05. The van der Waals surface area contributed by atoms with Crippen LogP contribution in [0.3, 0.4) is 0 Å². The molecule has 0 unspecified atom stereocenters. The third-order valence-corrected chi connectivity index (χ3v) is 3.95. The van der Waals surface area contributed by atoms with E-state index in [1.54, 1.807) is 18.2 Å². The lowest BCUT2D eigenvalue weighted by atomic mass is 10.0. The average Bonchev–Trinajstić information content (AvgIpc) is 2.61. The van der Waals surface area contributed by atoms with E-state index in [1.807, 2.05) is 43.3 Å². The standard InChI is InChI=1S/C20H20FN3O/c1-24(2)12-11-22-20(25)17-13-19(14-7-9-15(21)10-8-14)23-18-6-4-3-5-16(17)18/h3-10,13H,11-12H2,1-2H3,(H,22,25). The summed E-state index contributed by atoms with van der Waals surface area (Å²) in [6, 6.07) is 15.4. The molecule has 0 atom stereocenters. The first kappa shape index (κ1) is 17.0. The molecule has 1 aromatic heterocycles. The van der Waals surface area contributed by atoms with Crippen molar-refractivity contribution < 1.29 is 9.18 Å². The Balaban J connectivity index is 2.00. The predicted octanol–water partition coefficient (Wildman–Crippen LogP) is 3.33. The lowest BCUT2D eigenvalue weighted by molar-refractivity contribution is 0.0952. The molecule has 0 fully saturated rings. The van der Waals surface area contributed by atoms with Crippen LogP contribution in [-0.2, 0) is 0 Å². The number of hydrogen-bond donors (Lipinski definition) is 1. The first-order chi connectivity index (χ1) is 12.0. The molecule has 0 saturated heterocycles. The molecule has 0 aliphatic carbocycles.